The summed E-state index contributed by atoms with van der Waals surface area (Å²) in [5.41, 5.74) is 5.33. The van der Waals surface area contributed by atoms with Gasteiger partial charge in [-0.15, -0.1) is 0 Å². The zero-order chi connectivity index (χ0) is 14.7. The molecule has 0 spiro atoms. The topological polar surface area (TPSA) is 67.2 Å². The Hall–Kier alpha value is -1.37. The summed E-state index contributed by atoms with van der Waals surface area (Å²) in [7, 11) is 0. The van der Waals surface area contributed by atoms with Gasteiger partial charge in [-0.1, -0.05) is 12.1 Å². The average molecular weight is 399 g/mol. The van der Waals surface area contributed by atoms with Crippen LogP contribution in [0.4, 0.5) is 11.4 Å². The summed E-state index contributed by atoms with van der Waals surface area (Å²) in [4.78, 5) is 12.4. The van der Waals surface area contributed by atoms with Crippen LogP contribution in [0.2, 0.25) is 0 Å². The van der Waals surface area contributed by atoms with E-state index in [4.69, 9.17) is 5.84 Å². The van der Waals surface area contributed by atoms with Crippen molar-refractivity contribution in [1.29, 1.82) is 0 Å². The number of para-hydroxylation sites is 1. The molecule has 0 aliphatic carbocycles. The number of anilines is 2. The smallest absolute Gasteiger partial charge is 0.257 e. The molecule has 0 aliphatic rings. The van der Waals surface area contributed by atoms with Crippen LogP contribution in [0.25, 0.3) is 0 Å². The molecule has 0 bridgehead atoms. The summed E-state index contributed by atoms with van der Waals surface area (Å²) < 4.78 is 1.60. The lowest BCUT2D eigenvalue weighted by molar-refractivity contribution is 0.102. The Bertz CT molecular complexity index is 639. The van der Waals surface area contributed by atoms with E-state index in [1.54, 1.807) is 6.07 Å². The number of rotatable bonds is 3. The van der Waals surface area contributed by atoms with Crippen LogP contribution in [0.1, 0.15) is 15.9 Å². The van der Waals surface area contributed by atoms with Crippen molar-refractivity contribution >= 4 is 49.1 Å². The number of halogens is 2. The minimum atomic E-state index is -0.231. The molecule has 0 aromatic heterocycles. The summed E-state index contributed by atoms with van der Waals surface area (Å²) in [6, 6.07) is 11.0. The van der Waals surface area contributed by atoms with Gasteiger partial charge in [-0.05, 0) is 68.6 Å². The van der Waals surface area contributed by atoms with Crippen LogP contribution < -0.4 is 16.6 Å². The van der Waals surface area contributed by atoms with E-state index in [2.05, 4.69) is 42.6 Å². The number of hydrogen-bond donors (Lipinski definition) is 3. The highest BCUT2D eigenvalue weighted by atomic mass is 79.9. The monoisotopic (exact) mass is 397 g/mol. The molecule has 0 radical (unpaired) electrons. The van der Waals surface area contributed by atoms with Gasteiger partial charge in [-0.3, -0.25) is 10.6 Å². The third-order valence-corrected chi connectivity index (χ3v) is 4.10. The molecule has 20 heavy (non-hydrogen) atoms. The fraction of sp³-hybridized carbons (Fsp3) is 0.0714. The summed E-state index contributed by atoms with van der Waals surface area (Å²) >= 11 is 6.82. The molecule has 0 aliphatic heterocycles. The third-order valence-electron chi connectivity index (χ3n) is 2.78. The summed E-state index contributed by atoms with van der Waals surface area (Å²) in [6.07, 6.45) is 0. The van der Waals surface area contributed by atoms with Crippen molar-refractivity contribution < 1.29 is 4.79 Å². The van der Waals surface area contributed by atoms with Crippen molar-refractivity contribution in [2.45, 2.75) is 6.92 Å². The van der Waals surface area contributed by atoms with Crippen LogP contribution in [0.15, 0.2) is 45.3 Å². The van der Waals surface area contributed by atoms with E-state index >= 15 is 0 Å². The predicted molar refractivity (Wildman–Crippen MR) is 88.8 cm³/mol. The first kappa shape index (κ1) is 15.0. The Labute approximate surface area is 134 Å². The van der Waals surface area contributed by atoms with Crippen LogP contribution in [0.5, 0.6) is 0 Å². The van der Waals surface area contributed by atoms with Crippen LogP contribution in [-0.2, 0) is 0 Å². The van der Waals surface area contributed by atoms with Crippen molar-refractivity contribution in [1.82, 2.24) is 0 Å². The quantitative estimate of drug-likeness (QED) is 0.539. The van der Waals surface area contributed by atoms with Gasteiger partial charge in [0.1, 0.15) is 0 Å². The van der Waals surface area contributed by atoms with E-state index in [9.17, 15) is 4.79 Å². The number of aryl methyl sites for hydroxylation is 1. The van der Waals surface area contributed by atoms with Gasteiger partial charge in [0.05, 0.1) is 16.9 Å². The van der Waals surface area contributed by atoms with E-state index in [0.29, 0.717) is 16.9 Å². The lowest BCUT2D eigenvalue weighted by Crippen LogP contribution is -2.17. The molecule has 2 aromatic rings. The van der Waals surface area contributed by atoms with Crippen molar-refractivity contribution in [3.63, 3.8) is 0 Å². The Kier molecular flexibility index (Phi) is 4.80. The minimum Gasteiger partial charge on any atom is -0.323 e. The molecule has 6 heteroatoms. The molecule has 0 atom stereocenters. The average Bonchev–Trinajstić information content (AvgIpc) is 2.42. The van der Waals surface area contributed by atoms with E-state index in [0.717, 1.165) is 14.5 Å². The number of amides is 1. The zero-order valence-electron chi connectivity index (χ0n) is 10.7. The Morgan fingerprint density at radius 3 is 2.40 bits per heavy atom. The fourth-order valence-corrected chi connectivity index (χ4v) is 2.97. The number of nitrogens with one attached hydrogen (secondary N) is 2. The molecule has 0 unspecified atom stereocenters. The molecule has 0 saturated carbocycles. The van der Waals surface area contributed by atoms with Crippen LogP contribution in [-0.4, -0.2) is 5.91 Å². The van der Waals surface area contributed by atoms with Crippen molar-refractivity contribution in [2.75, 3.05) is 10.7 Å². The van der Waals surface area contributed by atoms with E-state index < -0.39 is 0 Å². The fourth-order valence-electron chi connectivity index (χ4n) is 1.77. The molecule has 4 N–H and O–H groups in total. The molecule has 4 nitrogen and oxygen atoms in total. The van der Waals surface area contributed by atoms with Crippen LogP contribution in [0, 0.1) is 6.92 Å². The van der Waals surface area contributed by atoms with Crippen LogP contribution in [0.3, 0.4) is 0 Å². The highest BCUT2D eigenvalue weighted by Gasteiger charge is 2.14. The van der Waals surface area contributed by atoms with E-state index in [-0.39, 0.29) is 5.91 Å². The molecule has 104 valence electrons. The van der Waals surface area contributed by atoms with Gasteiger partial charge in [0.25, 0.3) is 5.91 Å². The second kappa shape index (κ2) is 6.39. The van der Waals surface area contributed by atoms with Crippen molar-refractivity contribution in [3.05, 3.63) is 56.5 Å². The number of hydrogen-bond acceptors (Lipinski definition) is 3. The van der Waals surface area contributed by atoms with Crippen molar-refractivity contribution in [2.24, 2.45) is 5.84 Å². The number of nitrogens with two attached hydrogens (primary N) is 1. The molecular formula is C14H13Br2N3O. The summed E-state index contributed by atoms with van der Waals surface area (Å²) in [5, 5.41) is 2.86. The van der Waals surface area contributed by atoms with Gasteiger partial charge in [-0.25, -0.2) is 0 Å². The molecule has 2 aromatic carbocycles. The van der Waals surface area contributed by atoms with Gasteiger partial charge >= 0.3 is 0 Å². The third kappa shape index (κ3) is 3.20. The maximum Gasteiger partial charge on any atom is 0.257 e. The van der Waals surface area contributed by atoms with E-state index in [1.165, 1.54) is 0 Å². The number of hydrazine groups is 1. The predicted octanol–water partition coefficient (Wildman–Crippen LogP) is 4.06. The normalized spacial score (nSPS) is 10.2. The highest BCUT2D eigenvalue weighted by molar-refractivity contribution is 9.11. The van der Waals surface area contributed by atoms with Gasteiger partial charge in [0.15, 0.2) is 0 Å². The van der Waals surface area contributed by atoms with Gasteiger partial charge in [0, 0.05) is 8.95 Å². The lowest BCUT2D eigenvalue weighted by atomic mass is 10.1. The molecular weight excluding hydrogens is 386 g/mol. The van der Waals surface area contributed by atoms with Gasteiger partial charge in [0.2, 0.25) is 0 Å². The summed E-state index contributed by atoms with van der Waals surface area (Å²) in [6.45, 7) is 1.94. The molecule has 2 rings (SSSR count). The molecule has 1 amide bonds. The summed E-state index contributed by atoms with van der Waals surface area (Å²) in [5.74, 6) is 5.23. The number of carbonyl (C=O) groups excluding carboxylic acids is 1. The second-order valence-electron chi connectivity index (χ2n) is 4.24. The Morgan fingerprint density at radius 2 is 1.80 bits per heavy atom. The van der Waals surface area contributed by atoms with E-state index in [1.807, 2.05) is 37.3 Å². The molecule has 0 fully saturated rings. The first-order chi connectivity index (χ1) is 9.52. The number of benzene rings is 2. The van der Waals surface area contributed by atoms with Crippen molar-refractivity contribution in [3.8, 4) is 0 Å². The first-order valence-electron chi connectivity index (χ1n) is 5.85. The highest BCUT2D eigenvalue weighted by Crippen LogP contribution is 2.31. The zero-order valence-corrected chi connectivity index (χ0v) is 13.9. The standard InChI is InChI=1S/C14H13Br2N3O/c1-8-5-6-9(12(7-8)19-17)14(20)18-13-10(15)3-2-4-11(13)16/h2-7,19H,17H2,1H3,(H,18,20). The molecule has 0 saturated heterocycles. The molecule has 0 heterocycles. The van der Waals surface area contributed by atoms with Gasteiger partial charge < -0.3 is 10.7 Å². The second-order valence-corrected chi connectivity index (χ2v) is 5.95. The maximum atomic E-state index is 12.4. The first-order valence-corrected chi connectivity index (χ1v) is 7.44. The maximum absolute atomic E-state index is 12.4. The Balaban J connectivity index is 2.33. The largest absolute Gasteiger partial charge is 0.323 e. The van der Waals surface area contributed by atoms with Crippen LogP contribution >= 0.6 is 31.9 Å². The Morgan fingerprint density at radius 1 is 1.15 bits per heavy atom. The van der Waals surface area contributed by atoms with Gasteiger partial charge in [-0.2, -0.15) is 0 Å². The number of carbonyl (C=O) groups is 1. The SMILES string of the molecule is Cc1ccc(C(=O)Nc2c(Br)cccc2Br)c(NN)c1. The number of nitrogen functional groups attached to an aromatic ring is 1. The lowest BCUT2D eigenvalue weighted by Gasteiger charge is -2.12. The minimum absolute atomic E-state index is 0.231.